The smallest absolute Gasteiger partial charge is 0.270 e. The summed E-state index contributed by atoms with van der Waals surface area (Å²) in [7, 11) is 4.02. The van der Waals surface area contributed by atoms with Gasteiger partial charge in [0.2, 0.25) is 0 Å². The number of aromatic nitrogens is 1. The summed E-state index contributed by atoms with van der Waals surface area (Å²) in [6.07, 6.45) is 0.956. The van der Waals surface area contributed by atoms with E-state index in [-0.39, 0.29) is 11.9 Å². The fraction of sp³-hybridized carbons (Fsp3) is 0.571. The third-order valence-corrected chi connectivity index (χ3v) is 3.07. The predicted molar refractivity (Wildman–Crippen MR) is 81.2 cm³/mol. The van der Waals surface area contributed by atoms with Crippen LogP contribution in [0.1, 0.15) is 30.8 Å². The molecule has 4 nitrogen and oxygen atoms in total. The van der Waals surface area contributed by atoms with Crippen molar-refractivity contribution in [2.45, 2.75) is 26.3 Å². The standard InChI is InChI=1S/C14H22BrN3O/c1-10(2)8-11(9-18(3)4)16-14(19)12-6-5-7-13(15)17-12/h5-7,10-11H,8-9H2,1-4H3,(H,16,19). The SMILES string of the molecule is CC(C)CC(CN(C)C)NC(=O)c1cccc(Br)n1. The molecule has 1 aromatic rings. The van der Waals surface area contributed by atoms with Gasteiger partial charge >= 0.3 is 0 Å². The number of likely N-dealkylation sites (N-methyl/N-ethyl adjacent to an activating group) is 1. The van der Waals surface area contributed by atoms with Crippen LogP contribution < -0.4 is 5.32 Å². The largest absolute Gasteiger partial charge is 0.347 e. The molecule has 0 saturated carbocycles. The van der Waals surface area contributed by atoms with E-state index >= 15 is 0 Å². The van der Waals surface area contributed by atoms with E-state index in [0.29, 0.717) is 16.2 Å². The molecule has 1 unspecified atom stereocenters. The second kappa shape index (κ2) is 7.60. The van der Waals surface area contributed by atoms with E-state index in [1.54, 1.807) is 6.07 Å². The summed E-state index contributed by atoms with van der Waals surface area (Å²) >= 11 is 3.28. The van der Waals surface area contributed by atoms with Gasteiger partial charge in [-0.1, -0.05) is 19.9 Å². The molecule has 0 radical (unpaired) electrons. The average molecular weight is 328 g/mol. The molecule has 0 aliphatic carbocycles. The number of halogens is 1. The number of pyridine rings is 1. The van der Waals surface area contributed by atoms with Crippen molar-refractivity contribution >= 4 is 21.8 Å². The van der Waals surface area contributed by atoms with Crippen molar-refractivity contribution < 1.29 is 4.79 Å². The molecule has 0 saturated heterocycles. The minimum absolute atomic E-state index is 0.117. The molecule has 5 heteroatoms. The lowest BCUT2D eigenvalue weighted by Crippen LogP contribution is -2.42. The monoisotopic (exact) mass is 327 g/mol. The predicted octanol–water partition coefficient (Wildman–Crippen LogP) is 2.55. The summed E-state index contributed by atoms with van der Waals surface area (Å²) in [6, 6.07) is 5.49. The maximum absolute atomic E-state index is 12.2. The van der Waals surface area contributed by atoms with Crippen molar-refractivity contribution in [2.75, 3.05) is 20.6 Å². The van der Waals surface area contributed by atoms with Gasteiger partial charge in [-0.2, -0.15) is 0 Å². The Morgan fingerprint density at radius 3 is 2.63 bits per heavy atom. The maximum Gasteiger partial charge on any atom is 0.270 e. The fourth-order valence-corrected chi connectivity index (χ4v) is 2.33. The summed E-state index contributed by atoms with van der Waals surface area (Å²) in [6.45, 7) is 5.15. The van der Waals surface area contributed by atoms with Gasteiger partial charge in [-0.15, -0.1) is 0 Å². The molecule has 1 N–H and O–H groups in total. The van der Waals surface area contributed by atoms with Crippen molar-refractivity contribution in [3.05, 3.63) is 28.5 Å². The lowest BCUT2D eigenvalue weighted by Gasteiger charge is -2.23. The average Bonchev–Trinajstić information content (AvgIpc) is 2.26. The second-order valence-corrected chi connectivity index (χ2v) is 6.22. The summed E-state index contributed by atoms with van der Waals surface area (Å²) in [5, 5.41) is 3.06. The molecule has 0 aromatic carbocycles. The number of carbonyl (C=O) groups is 1. The Kier molecular flexibility index (Phi) is 6.45. The molecule has 1 amide bonds. The minimum Gasteiger partial charge on any atom is -0.347 e. The van der Waals surface area contributed by atoms with E-state index in [4.69, 9.17) is 0 Å². The Hall–Kier alpha value is -0.940. The first-order valence-electron chi connectivity index (χ1n) is 6.46. The molecule has 0 spiro atoms. The van der Waals surface area contributed by atoms with Crippen LogP contribution in [-0.4, -0.2) is 42.5 Å². The summed E-state index contributed by atoms with van der Waals surface area (Å²) in [4.78, 5) is 18.4. The first-order valence-corrected chi connectivity index (χ1v) is 7.26. The van der Waals surface area contributed by atoms with Gasteiger partial charge < -0.3 is 10.2 Å². The highest BCUT2D eigenvalue weighted by Crippen LogP contribution is 2.09. The molecule has 19 heavy (non-hydrogen) atoms. The number of hydrogen-bond donors (Lipinski definition) is 1. The molecular formula is C14H22BrN3O. The van der Waals surface area contributed by atoms with Crippen LogP contribution in [-0.2, 0) is 0 Å². The first-order chi connectivity index (χ1) is 8.88. The third kappa shape index (κ3) is 6.16. The fourth-order valence-electron chi connectivity index (χ4n) is 1.98. The zero-order chi connectivity index (χ0) is 14.4. The van der Waals surface area contributed by atoms with Crippen LogP contribution in [0.3, 0.4) is 0 Å². The summed E-state index contributed by atoms with van der Waals surface area (Å²) in [5.41, 5.74) is 0.446. The van der Waals surface area contributed by atoms with Crippen LogP contribution in [0.2, 0.25) is 0 Å². The topological polar surface area (TPSA) is 45.2 Å². The van der Waals surface area contributed by atoms with E-state index in [0.717, 1.165) is 13.0 Å². The lowest BCUT2D eigenvalue weighted by atomic mass is 10.0. The summed E-state index contributed by atoms with van der Waals surface area (Å²) < 4.78 is 0.674. The van der Waals surface area contributed by atoms with Gasteiger partial charge in [0.05, 0.1) is 0 Å². The molecule has 1 aromatic heterocycles. The lowest BCUT2D eigenvalue weighted by molar-refractivity contribution is 0.0919. The maximum atomic E-state index is 12.2. The van der Waals surface area contributed by atoms with E-state index in [1.165, 1.54) is 0 Å². The number of hydrogen-bond acceptors (Lipinski definition) is 3. The molecule has 0 fully saturated rings. The van der Waals surface area contributed by atoms with Crippen molar-refractivity contribution in [3.8, 4) is 0 Å². The number of carbonyl (C=O) groups excluding carboxylic acids is 1. The zero-order valence-corrected chi connectivity index (χ0v) is 13.6. The highest BCUT2D eigenvalue weighted by molar-refractivity contribution is 9.10. The van der Waals surface area contributed by atoms with Crippen LogP contribution in [0.4, 0.5) is 0 Å². The molecule has 0 aliphatic heterocycles. The van der Waals surface area contributed by atoms with Gasteiger partial charge in [-0.05, 0) is 54.5 Å². The summed E-state index contributed by atoms with van der Waals surface area (Å²) in [5.74, 6) is 0.425. The number of rotatable bonds is 6. The number of nitrogens with zero attached hydrogens (tertiary/aromatic N) is 2. The normalized spacial score (nSPS) is 12.8. The van der Waals surface area contributed by atoms with Crippen molar-refractivity contribution in [1.82, 2.24) is 15.2 Å². The number of nitrogens with one attached hydrogen (secondary N) is 1. The quantitative estimate of drug-likeness (QED) is 0.817. The highest BCUT2D eigenvalue weighted by Gasteiger charge is 2.16. The van der Waals surface area contributed by atoms with Crippen LogP contribution >= 0.6 is 15.9 Å². The van der Waals surface area contributed by atoms with E-state index < -0.39 is 0 Å². The van der Waals surface area contributed by atoms with Crippen molar-refractivity contribution in [2.24, 2.45) is 5.92 Å². The molecule has 1 rings (SSSR count). The Labute approximate surface area is 123 Å². The van der Waals surface area contributed by atoms with Gasteiger partial charge in [-0.25, -0.2) is 4.98 Å². The zero-order valence-electron chi connectivity index (χ0n) is 12.0. The molecule has 0 aliphatic rings. The van der Waals surface area contributed by atoms with Crippen molar-refractivity contribution in [3.63, 3.8) is 0 Å². The first kappa shape index (κ1) is 16.1. The minimum atomic E-state index is -0.117. The Balaban J connectivity index is 2.69. The highest BCUT2D eigenvalue weighted by atomic mass is 79.9. The Bertz CT molecular complexity index is 411. The Morgan fingerprint density at radius 2 is 2.11 bits per heavy atom. The molecule has 106 valence electrons. The van der Waals surface area contributed by atoms with Gasteiger partial charge in [0.15, 0.2) is 0 Å². The van der Waals surface area contributed by atoms with Crippen LogP contribution in [0.25, 0.3) is 0 Å². The Morgan fingerprint density at radius 1 is 1.42 bits per heavy atom. The van der Waals surface area contributed by atoms with E-state index in [2.05, 4.69) is 45.0 Å². The van der Waals surface area contributed by atoms with Crippen LogP contribution in [0.15, 0.2) is 22.8 Å². The van der Waals surface area contributed by atoms with Gasteiger partial charge in [0.25, 0.3) is 5.91 Å². The van der Waals surface area contributed by atoms with E-state index in [1.807, 2.05) is 26.2 Å². The van der Waals surface area contributed by atoms with Crippen LogP contribution in [0, 0.1) is 5.92 Å². The van der Waals surface area contributed by atoms with Gasteiger partial charge in [-0.3, -0.25) is 4.79 Å². The van der Waals surface area contributed by atoms with Crippen molar-refractivity contribution in [1.29, 1.82) is 0 Å². The molecular weight excluding hydrogens is 306 g/mol. The second-order valence-electron chi connectivity index (χ2n) is 5.41. The molecule has 1 heterocycles. The third-order valence-electron chi connectivity index (χ3n) is 2.62. The van der Waals surface area contributed by atoms with Gasteiger partial charge in [0.1, 0.15) is 10.3 Å². The number of amides is 1. The molecule has 1 atom stereocenters. The molecule has 0 bridgehead atoms. The van der Waals surface area contributed by atoms with Crippen LogP contribution in [0.5, 0.6) is 0 Å². The van der Waals surface area contributed by atoms with E-state index in [9.17, 15) is 4.79 Å². The van der Waals surface area contributed by atoms with Gasteiger partial charge in [0, 0.05) is 12.6 Å².